The molecule has 1 fully saturated rings. The van der Waals surface area contributed by atoms with Gasteiger partial charge in [0.25, 0.3) is 5.56 Å². The number of fused-ring (bicyclic) bond motifs is 1. The molecule has 3 atom stereocenters. The van der Waals surface area contributed by atoms with Crippen LogP contribution in [-0.4, -0.2) is 4.57 Å². The van der Waals surface area contributed by atoms with Crippen LogP contribution in [0.1, 0.15) is 39.2 Å². The van der Waals surface area contributed by atoms with E-state index in [4.69, 9.17) is 5.73 Å². The molecule has 3 nitrogen and oxygen atoms in total. The third-order valence-corrected chi connectivity index (χ3v) is 5.03. The first-order chi connectivity index (χ1) is 9.63. The zero-order valence-corrected chi connectivity index (χ0v) is 12.2. The van der Waals surface area contributed by atoms with Crippen molar-refractivity contribution >= 4 is 16.6 Å². The van der Waals surface area contributed by atoms with Crippen molar-refractivity contribution in [3.8, 4) is 0 Å². The Morgan fingerprint density at radius 2 is 2.05 bits per heavy atom. The minimum absolute atomic E-state index is 0.0641. The SMILES string of the molecule is CCC1CCC(n2c(N)cc3ccccc3c2=O)C1C. The molecule has 1 aliphatic rings. The van der Waals surface area contributed by atoms with E-state index in [0.717, 1.165) is 17.2 Å². The molecule has 0 spiro atoms. The number of nitrogen functional groups attached to an aromatic ring is 1. The summed E-state index contributed by atoms with van der Waals surface area (Å²) in [7, 11) is 0. The lowest BCUT2D eigenvalue weighted by Crippen LogP contribution is -2.29. The first kappa shape index (κ1) is 13.2. The molecule has 0 radical (unpaired) electrons. The predicted molar refractivity (Wildman–Crippen MR) is 83.8 cm³/mol. The smallest absolute Gasteiger partial charge is 0.260 e. The number of benzene rings is 1. The standard InChI is InChI=1S/C17H22N2O/c1-3-12-8-9-15(11(12)2)19-16(18)10-13-6-4-5-7-14(13)17(19)20/h4-7,10-12,15H,3,8-9,18H2,1-2H3. The van der Waals surface area contributed by atoms with Crippen molar-refractivity contribution in [1.82, 2.24) is 4.57 Å². The summed E-state index contributed by atoms with van der Waals surface area (Å²) in [6, 6.07) is 9.88. The van der Waals surface area contributed by atoms with Crippen LogP contribution in [0.5, 0.6) is 0 Å². The van der Waals surface area contributed by atoms with E-state index in [1.165, 1.54) is 12.8 Å². The van der Waals surface area contributed by atoms with E-state index in [9.17, 15) is 4.79 Å². The Morgan fingerprint density at radius 1 is 1.30 bits per heavy atom. The highest BCUT2D eigenvalue weighted by molar-refractivity contribution is 5.83. The molecule has 3 heteroatoms. The van der Waals surface area contributed by atoms with Crippen molar-refractivity contribution in [3.63, 3.8) is 0 Å². The Labute approximate surface area is 119 Å². The molecule has 3 rings (SSSR count). The van der Waals surface area contributed by atoms with Crippen molar-refractivity contribution in [2.75, 3.05) is 5.73 Å². The highest BCUT2D eigenvalue weighted by Crippen LogP contribution is 2.42. The normalized spacial score (nSPS) is 26.2. The van der Waals surface area contributed by atoms with E-state index in [0.29, 0.717) is 17.7 Å². The Hall–Kier alpha value is -1.77. The molecule has 0 amide bonds. The van der Waals surface area contributed by atoms with Gasteiger partial charge in [-0.05, 0) is 42.2 Å². The lowest BCUT2D eigenvalue weighted by atomic mass is 9.93. The Morgan fingerprint density at radius 3 is 2.75 bits per heavy atom. The minimum atomic E-state index is 0.0641. The molecule has 0 aliphatic heterocycles. The quantitative estimate of drug-likeness (QED) is 0.906. The number of pyridine rings is 1. The van der Waals surface area contributed by atoms with Crippen molar-refractivity contribution in [3.05, 3.63) is 40.7 Å². The molecule has 1 aromatic heterocycles. The number of hydrogen-bond acceptors (Lipinski definition) is 2. The van der Waals surface area contributed by atoms with Crippen LogP contribution in [0.2, 0.25) is 0 Å². The second-order valence-corrected chi connectivity index (χ2v) is 6.00. The van der Waals surface area contributed by atoms with Crippen LogP contribution < -0.4 is 11.3 Å². The van der Waals surface area contributed by atoms with Gasteiger partial charge in [0.1, 0.15) is 5.82 Å². The maximum absolute atomic E-state index is 12.8. The summed E-state index contributed by atoms with van der Waals surface area (Å²) in [6.07, 6.45) is 3.43. The molecule has 3 unspecified atom stereocenters. The Balaban J connectivity index is 2.15. The van der Waals surface area contributed by atoms with Crippen LogP contribution in [-0.2, 0) is 0 Å². The maximum Gasteiger partial charge on any atom is 0.260 e. The van der Waals surface area contributed by atoms with Crippen LogP contribution in [0.15, 0.2) is 35.1 Å². The summed E-state index contributed by atoms with van der Waals surface area (Å²) in [5.74, 6) is 1.82. The largest absolute Gasteiger partial charge is 0.385 e. The third kappa shape index (κ3) is 1.92. The first-order valence-electron chi connectivity index (χ1n) is 7.53. The fourth-order valence-corrected chi connectivity index (χ4v) is 3.80. The molecule has 1 aromatic carbocycles. The summed E-state index contributed by atoms with van der Waals surface area (Å²) in [6.45, 7) is 4.49. The Bertz CT molecular complexity index is 689. The maximum atomic E-state index is 12.8. The summed E-state index contributed by atoms with van der Waals surface area (Å²) < 4.78 is 1.84. The lowest BCUT2D eigenvalue weighted by Gasteiger charge is -2.24. The summed E-state index contributed by atoms with van der Waals surface area (Å²) >= 11 is 0. The van der Waals surface area contributed by atoms with Gasteiger partial charge < -0.3 is 5.73 Å². The van der Waals surface area contributed by atoms with E-state index < -0.39 is 0 Å². The molecule has 2 aromatic rings. The van der Waals surface area contributed by atoms with Crippen molar-refractivity contribution in [1.29, 1.82) is 0 Å². The van der Waals surface area contributed by atoms with E-state index in [-0.39, 0.29) is 11.6 Å². The molecular weight excluding hydrogens is 248 g/mol. The predicted octanol–water partition coefficient (Wildman–Crippen LogP) is 3.58. The van der Waals surface area contributed by atoms with Crippen LogP contribution in [0.25, 0.3) is 10.8 Å². The second-order valence-electron chi connectivity index (χ2n) is 6.00. The number of anilines is 1. The van der Waals surface area contributed by atoms with Crippen LogP contribution in [0, 0.1) is 11.8 Å². The average molecular weight is 270 g/mol. The lowest BCUT2D eigenvalue weighted by molar-refractivity contribution is 0.328. The molecule has 2 N–H and O–H groups in total. The van der Waals surface area contributed by atoms with Gasteiger partial charge in [-0.3, -0.25) is 9.36 Å². The van der Waals surface area contributed by atoms with E-state index in [2.05, 4.69) is 13.8 Å². The first-order valence-corrected chi connectivity index (χ1v) is 7.53. The monoisotopic (exact) mass is 270 g/mol. The van der Waals surface area contributed by atoms with Gasteiger partial charge in [0, 0.05) is 11.4 Å². The number of nitrogens with zero attached hydrogens (tertiary/aromatic N) is 1. The zero-order valence-electron chi connectivity index (χ0n) is 12.2. The summed E-state index contributed by atoms with van der Waals surface area (Å²) in [5.41, 5.74) is 6.24. The summed E-state index contributed by atoms with van der Waals surface area (Å²) in [5, 5.41) is 1.71. The highest BCUT2D eigenvalue weighted by Gasteiger charge is 2.34. The van der Waals surface area contributed by atoms with Gasteiger partial charge in [0.05, 0.1) is 0 Å². The van der Waals surface area contributed by atoms with Gasteiger partial charge in [-0.2, -0.15) is 0 Å². The van der Waals surface area contributed by atoms with Gasteiger partial charge in [0.2, 0.25) is 0 Å². The fourth-order valence-electron chi connectivity index (χ4n) is 3.80. The van der Waals surface area contributed by atoms with Crippen molar-refractivity contribution in [2.45, 2.75) is 39.2 Å². The zero-order chi connectivity index (χ0) is 14.3. The Kier molecular flexibility index (Phi) is 3.28. The van der Waals surface area contributed by atoms with Gasteiger partial charge >= 0.3 is 0 Å². The molecule has 20 heavy (non-hydrogen) atoms. The molecule has 1 aliphatic carbocycles. The van der Waals surface area contributed by atoms with Gasteiger partial charge in [-0.1, -0.05) is 38.5 Å². The molecular formula is C17H22N2O. The molecule has 1 saturated carbocycles. The van der Waals surface area contributed by atoms with E-state index in [1.807, 2.05) is 34.9 Å². The molecule has 1 heterocycles. The van der Waals surface area contributed by atoms with Crippen molar-refractivity contribution < 1.29 is 0 Å². The van der Waals surface area contributed by atoms with Crippen molar-refractivity contribution in [2.24, 2.45) is 11.8 Å². The average Bonchev–Trinajstić information content (AvgIpc) is 2.80. The van der Waals surface area contributed by atoms with Gasteiger partial charge in [-0.15, -0.1) is 0 Å². The molecule has 0 bridgehead atoms. The third-order valence-electron chi connectivity index (χ3n) is 5.03. The molecule has 0 saturated heterocycles. The topological polar surface area (TPSA) is 48.0 Å². The summed E-state index contributed by atoms with van der Waals surface area (Å²) in [4.78, 5) is 12.8. The fraction of sp³-hybridized carbons (Fsp3) is 0.471. The minimum Gasteiger partial charge on any atom is -0.385 e. The van der Waals surface area contributed by atoms with Gasteiger partial charge in [-0.25, -0.2) is 0 Å². The van der Waals surface area contributed by atoms with Crippen LogP contribution >= 0.6 is 0 Å². The van der Waals surface area contributed by atoms with Gasteiger partial charge in [0.15, 0.2) is 0 Å². The number of nitrogens with two attached hydrogens (primary N) is 1. The van der Waals surface area contributed by atoms with Crippen LogP contribution in [0.3, 0.4) is 0 Å². The molecule has 106 valence electrons. The number of rotatable bonds is 2. The van der Waals surface area contributed by atoms with E-state index >= 15 is 0 Å². The second kappa shape index (κ2) is 4.97. The van der Waals surface area contributed by atoms with E-state index in [1.54, 1.807) is 0 Å². The highest BCUT2D eigenvalue weighted by atomic mass is 16.1. The van der Waals surface area contributed by atoms with Crippen LogP contribution in [0.4, 0.5) is 5.82 Å². The number of aromatic nitrogens is 1. The number of hydrogen-bond donors (Lipinski definition) is 1.